The summed E-state index contributed by atoms with van der Waals surface area (Å²) in [6.45, 7) is 6.05. The zero-order valence-corrected chi connectivity index (χ0v) is 11.0. The van der Waals surface area contributed by atoms with Gasteiger partial charge < -0.3 is 9.84 Å². The lowest BCUT2D eigenvalue weighted by atomic mass is 10.1. The summed E-state index contributed by atoms with van der Waals surface area (Å²) in [6, 6.07) is 5.80. The second-order valence-corrected chi connectivity index (χ2v) is 4.90. The molecule has 2 nitrogen and oxygen atoms in total. The predicted molar refractivity (Wildman–Crippen MR) is 65.3 cm³/mol. The molecule has 0 spiro atoms. The van der Waals surface area contributed by atoms with Gasteiger partial charge in [-0.25, -0.2) is 0 Å². The zero-order valence-electron chi connectivity index (χ0n) is 9.38. The number of aryl methyl sites for hydroxylation is 1. The lowest BCUT2D eigenvalue weighted by Crippen LogP contribution is -2.31. The Morgan fingerprint density at radius 2 is 2.13 bits per heavy atom. The maximum atomic E-state index is 9.77. The molecule has 0 aromatic heterocycles. The van der Waals surface area contributed by atoms with E-state index in [1.54, 1.807) is 6.92 Å². The third-order valence-electron chi connectivity index (χ3n) is 2.44. The van der Waals surface area contributed by atoms with Crippen molar-refractivity contribution in [1.29, 1.82) is 0 Å². The van der Waals surface area contributed by atoms with Gasteiger partial charge in [0.05, 0.1) is 5.60 Å². The first kappa shape index (κ1) is 12.5. The number of hydrogen-bond donors (Lipinski definition) is 1. The number of aliphatic hydroxyl groups is 1. The molecule has 0 saturated heterocycles. The predicted octanol–water partition coefficient (Wildman–Crippen LogP) is 3.30. The molecule has 0 heterocycles. The van der Waals surface area contributed by atoms with Crippen molar-refractivity contribution in [1.82, 2.24) is 0 Å². The van der Waals surface area contributed by atoms with Gasteiger partial charge in [0.15, 0.2) is 0 Å². The summed E-state index contributed by atoms with van der Waals surface area (Å²) in [5, 5.41) is 9.77. The van der Waals surface area contributed by atoms with Crippen molar-refractivity contribution in [3.05, 3.63) is 28.2 Å². The van der Waals surface area contributed by atoms with Gasteiger partial charge in [0.25, 0.3) is 0 Å². The van der Waals surface area contributed by atoms with Crippen LogP contribution in [0.2, 0.25) is 0 Å². The average Bonchev–Trinajstić information content (AvgIpc) is 2.20. The standard InChI is InChI=1S/C12H17BrO2/c1-4-12(3,14)8-15-10-5-6-11(13)9(2)7-10/h5-7,14H,4,8H2,1-3H3. The maximum absolute atomic E-state index is 9.77. The summed E-state index contributed by atoms with van der Waals surface area (Å²) in [5.74, 6) is 0.796. The maximum Gasteiger partial charge on any atom is 0.119 e. The van der Waals surface area contributed by atoms with Crippen molar-refractivity contribution >= 4 is 15.9 Å². The molecule has 0 bridgehead atoms. The van der Waals surface area contributed by atoms with Crippen LogP contribution >= 0.6 is 15.9 Å². The molecule has 1 atom stereocenters. The zero-order chi connectivity index (χ0) is 11.5. The number of ether oxygens (including phenoxy) is 1. The molecule has 0 aliphatic heterocycles. The summed E-state index contributed by atoms with van der Waals surface area (Å²) in [7, 11) is 0. The summed E-state index contributed by atoms with van der Waals surface area (Å²) in [5.41, 5.74) is 0.379. The highest BCUT2D eigenvalue weighted by Gasteiger charge is 2.18. The van der Waals surface area contributed by atoms with Crippen LogP contribution in [0.3, 0.4) is 0 Å². The van der Waals surface area contributed by atoms with Crippen LogP contribution < -0.4 is 4.74 Å². The van der Waals surface area contributed by atoms with Crippen molar-refractivity contribution < 1.29 is 9.84 Å². The molecule has 1 aromatic rings. The molecule has 1 aromatic carbocycles. The molecule has 84 valence electrons. The van der Waals surface area contributed by atoms with Gasteiger partial charge in [0, 0.05) is 4.47 Å². The molecule has 0 aliphatic rings. The van der Waals surface area contributed by atoms with Gasteiger partial charge in [0.2, 0.25) is 0 Å². The van der Waals surface area contributed by atoms with Crippen LogP contribution in [0.15, 0.2) is 22.7 Å². The number of halogens is 1. The number of benzene rings is 1. The first-order chi connectivity index (χ1) is 6.94. The summed E-state index contributed by atoms with van der Waals surface area (Å²) < 4.78 is 6.59. The van der Waals surface area contributed by atoms with Crippen molar-refractivity contribution in [3.63, 3.8) is 0 Å². The topological polar surface area (TPSA) is 29.5 Å². The summed E-state index contributed by atoms with van der Waals surface area (Å²) in [6.07, 6.45) is 0.683. The van der Waals surface area contributed by atoms with Crippen molar-refractivity contribution in [2.24, 2.45) is 0 Å². The van der Waals surface area contributed by atoms with E-state index in [1.807, 2.05) is 32.0 Å². The van der Waals surface area contributed by atoms with E-state index in [-0.39, 0.29) is 0 Å². The molecule has 0 saturated carbocycles. The third-order valence-corrected chi connectivity index (χ3v) is 3.33. The fourth-order valence-corrected chi connectivity index (χ4v) is 1.29. The smallest absolute Gasteiger partial charge is 0.119 e. The van der Waals surface area contributed by atoms with Crippen LogP contribution in [0, 0.1) is 6.92 Å². The summed E-state index contributed by atoms with van der Waals surface area (Å²) in [4.78, 5) is 0. The molecule has 1 rings (SSSR count). The Morgan fingerprint density at radius 1 is 1.47 bits per heavy atom. The van der Waals surface area contributed by atoms with E-state index in [0.29, 0.717) is 13.0 Å². The highest BCUT2D eigenvalue weighted by Crippen LogP contribution is 2.22. The van der Waals surface area contributed by atoms with Crippen LogP contribution in [-0.2, 0) is 0 Å². The van der Waals surface area contributed by atoms with E-state index in [4.69, 9.17) is 4.74 Å². The van der Waals surface area contributed by atoms with Gasteiger partial charge in [-0.1, -0.05) is 22.9 Å². The highest BCUT2D eigenvalue weighted by atomic mass is 79.9. The largest absolute Gasteiger partial charge is 0.491 e. The molecule has 1 N–H and O–H groups in total. The van der Waals surface area contributed by atoms with E-state index in [9.17, 15) is 5.11 Å². The quantitative estimate of drug-likeness (QED) is 0.912. The second-order valence-electron chi connectivity index (χ2n) is 4.05. The first-order valence-electron chi connectivity index (χ1n) is 5.06. The van der Waals surface area contributed by atoms with Crippen LogP contribution in [-0.4, -0.2) is 17.3 Å². The normalized spacial score (nSPS) is 14.7. The lowest BCUT2D eigenvalue weighted by Gasteiger charge is -2.21. The van der Waals surface area contributed by atoms with E-state index >= 15 is 0 Å². The molecular formula is C12H17BrO2. The molecule has 0 aliphatic carbocycles. The Bertz CT molecular complexity index is 334. The molecule has 0 radical (unpaired) electrons. The Morgan fingerprint density at radius 3 is 2.67 bits per heavy atom. The lowest BCUT2D eigenvalue weighted by molar-refractivity contribution is 0.00845. The minimum Gasteiger partial charge on any atom is -0.491 e. The van der Waals surface area contributed by atoms with Gasteiger partial charge in [-0.05, 0) is 44.0 Å². The fraction of sp³-hybridized carbons (Fsp3) is 0.500. The third kappa shape index (κ3) is 3.84. The Balaban J connectivity index is 2.62. The Labute approximate surface area is 99.4 Å². The molecule has 0 amide bonds. The molecule has 1 unspecified atom stereocenters. The average molecular weight is 273 g/mol. The van der Waals surface area contributed by atoms with Gasteiger partial charge in [-0.15, -0.1) is 0 Å². The van der Waals surface area contributed by atoms with Crippen LogP contribution in [0.25, 0.3) is 0 Å². The molecule has 3 heteroatoms. The second kappa shape index (κ2) is 4.99. The SMILES string of the molecule is CCC(C)(O)COc1ccc(Br)c(C)c1. The van der Waals surface area contributed by atoms with Gasteiger partial charge in [-0.3, -0.25) is 0 Å². The Kier molecular flexibility index (Phi) is 4.17. The van der Waals surface area contributed by atoms with Crippen molar-refractivity contribution in [3.8, 4) is 5.75 Å². The van der Waals surface area contributed by atoms with Gasteiger partial charge in [0.1, 0.15) is 12.4 Å². The van der Waals surface area contributed by atoms with E-state index in [1.165, 1.54) is 0 Å². The summed E-state index contributed by atoms with van der Waals surface area (Å²) >= 11 is 3.43. The number of rotatable bonds is 4. The van der Waals surface area contributed by atoms with E-state index in [2.05, 4.69) is 15.9 Å². The first-order valence-corrected chi connectivity index (χ1v) is 5.85. The molecule has 15 heavy (non-hydrogen) atoms. The van der Waals surface area contributed by atoms with Crippen LogP contribution in [0.4, 0.5) is 0 Å². The highest BCUT2D eigenvalue weighted by molar-refractivity contribution is 9.10. The van der Waals surface area contributed by atoms with Crippen molar-refractivity contribution in [2.45, 2.75) is 32.8 Å². The van der Waals surface area contributed by atoms with Crippen LogP contribution in [0.1, 0.15) is 25.8 Å². The molecule has 0 fully saturated rings. The monoisotopic (exact) mass is 272 g/mol. The fourth-order valence-electron chi connectivity index (χ4n) is 1.05. The minimum atomic E-state index is -0.749. The van der Waals surface area contributed by atoms with E-state index < -0.39 is 5.60 Å². The number of hydrogen-bond acceptors (Lipinski definition) is 2. The minimum absolute atomic E-state index is 0.324. The van der Waals surface area contributed by atoms with Gasteiger partial charge in [-0.2, -0.15) is 0 Å². The van der Waals surface area contributed by atoms with Gasteiger partial charge >= 0.3 is 0 Å². The van der Waals surface area contributed by atoms with Crippen LogP contribution in [0.5, 0.6) is 5.75 Å². The van der Waals surface area contributed by atoms with E-state index in [0.717, 1.165) is 15.8 Å². The molecular weight excluding hydrogens is 256 g/mol. The Hall–Kier alpha value is -0.540. The van der Waals surface area contributed by atoms with Crippen molar-refractivity contribution in [2.75, 3.05) is 6.61 Å².